The van der Waals surface area contributed by atoms with Gasteiger partial charge in [0.25, 0.3) is 11.6 Å². The number of fused-ring (bicyclic) bond motifs is 1. The van der Waals surface area contributed by atoms with Gasteiger partial charge < -0.3 is 10.1 Å². The van der Waals surface area contributed by atoms with E-state index in [1.165, 1.54) is 28.4 Å². The monoisotopic (exact) mass is 375 g/mol. The summed E-state index contributed by atoms with van der Waals surface area (Å²) in [6, 6.07) is 6.18. The van der Waals surface area contributed by atoms with E-state index in [4.69, 9.17) is 4.74 Å². The van der Waals surface area contributed by atoms with Gasteiger partial charge in [-0.3, -0.25) is 19.8 Å². The van der Waals surface area contributed by atoms with Gasteiger partial charge in [-0.25, -0.2) is 4.79 Å². The van der Waals surface area contributed by atoms with Crippen molar-refractivity contribution in [3.8, 4) is 0 Å². The van der Waals surface area contributed by atoms with Crippen LogP contribution in [0.4, 0.5) is 21.9 Å². The van der Waals surface area contributed by atoms with Crippen LogP contribution in [-0.4, -0.2) is 23.5 Å². The Bertz CT molecular complexity index is 892. The minimum atomic E-state index is -0.977. The molecule has 0 unspecified atom stereocenters. The molecular weight excluding hydrogens is 358 g/mol. The average Bonchev–Trinajstić information content (AvgIpc) is 3.09. The molecular formula is C17H17N3O5S. The molecule has 0 fully saturated rings. The maximum Gasteiger partial charge on any atom is 0.415 e. The van der Waals surface area contributed by atoms with Gasteiger partial charge in [-0.1, -0.05) is 6.07 Å². The number of anilines is 2. The Morgan fingerprint density at radius 2 is 2.15 bits per heavy atom. The van der Waals surface area contributed by atoms with Crippen LogP contribution < -0.4 is 10.2 Å². The van der Waals surface area contributed by atoms with Crippen molar-refractivity contribution in [2.24, 2.45) is 0 Å². The number of nitro groups is 1. The number of carbonyl (C=O) groups is 2. The molecule has 1 N–H and O–H groups in total. The lowest BCUT2D eigenvalue weighted by molar-refractivity contribution is -0.383. The molecule has 2 amide bonds. The second kappa shape index (κ2) is 6.41. The molecule has 0 atom stereocenters. The molecule has 8 nitrogen and oxygen atoms in total. The first-order valence-corrected chi connectivity index (χ1v) is 8.81. The SMILES string of the molecule is CCN1C(=O)OC(C)(C)c2cc(NC(=O)c3cccs3)c([N+](=O)[O-])cc21. The molecule has 1 aliphatic heterocycles. The number of ether oxygens (including phenoxy) is 1. The van der Waals surface area contributed by atoms with Gasteiger partial charge in [-0.15, -0.1) is 11.3 Å². The Kier molecular flexibility index (Phi) is 4.41. The standard InChI is InChI=1S/C17H17N3O5S/c1-4-19-12-9-13(20(23)24)11(18-15(21)14-6-5-7-26-14)8-10(12)17(2,3)25-16(19)22/h5-9H,4H2,1-3H3,(H,18,21). The minimum Gasteiger partial charge on any atom is -0.438 e. The summed E-state index contributed by atoms with van der Waals surface area (Å²) in [5, 5.41) is 15.9. The van der Waals surface area contributed by atoms with Crippen molar-refractivity contribution in [3.05, 3.63) is 50.2 Å². The van der Waals surface area contributed by atoms with Crippen molar-refractivity contribution in [2.45, 2.75) is 26.4 Å². The lowest BCUT2D eigenvalue weighted by Gasteiger charge is -2.38. The Hall–Kier alpha value is -2.94. The highest BCUT2D eigenvalue weighted by Crippen LogP contribution is 2.43. The number of hydrogen-bond acceptors (Lipinski definition) is 6. The number of amides is 2. The van der Waals surface area contributed by atoms with Gasteiger partial charge in [0.05, 0.1) is 15.5 Å². The Morgan fingerprint density at radius 3 is 2.73 bits per heavy atom. The topological polar surface area (TPSA) is 102 Å². The number of thiophene rings is 1. The maximum absolute atomic E-state index is 12.3. The van der Waals surface area contributed by atoms with Crippen molar-refractivity contribution in [1.29, 1.82) is 0 Å². The Morgan fingerprint density at radius 1 is 1.42 bits per heavy atom. The van der Waals surface area contributed by atoms with E-state index in [2.05, 4.69) is 5.32 Å². The summed E-state index contributed by atoms with van der Waals surface area (Å²) in [7, 11) is 0. The fraction of sp³-hybridized carbons (Fsp3) is 0.294. The average molecular weight is 375 g/mol. The predicted molar refractivity (Wildman–Crippen MR) is 97.9 cm³/mol. The van der Waals surface area contributed by atoms with Crippen LogP contribution in [-0.2, 0) is 10.3 Å². The van der Waals surface area contributed by atoms with Crippen LogP contribution in [0.5, 0.6) is 0 Å². The molecule has 2 heterocycles. The summed E-state index contributed by atoms with van der Waals surface area (Å²) in [5.41, 5.74) is -0.192. The van der Waals surface area contributed by atoms with Gasteiger partial charge in [-0.05, 0) is 38.3 Å². The van der Waals surface area contributed by atoms with Crippen molar-refractivity contribution in [3.63, 3.8) is 0 Å². The Labute approximate surface area is 153 Å². The Balaban J connectivity index is 2.12. The molecule has 26 heavy (non-hydrogen) atoms. The molecule has 9 heteroatoms. The van der Waals surface area contributed by atoms with Crippen molar-refractivity contribution >= 4 is 40.4 Å². The number of nitrogens with one attached hydrogen (secondary N) is 1. The molecule has 136 valence electrons. The van der Waals surface area contributed by atoms with Crippen molar-refractivity contribution < 1.29 is 19.2 Å². The third-order valence-corrected chi connectivity index (χ3v) is 4.99. The van der Waals surface area contributed by atoms with E-state index in [1.54, 1.807) is 38.3 Å². The molecule has 0 bridgehead atoms. The van der Waals surface area contributed by atoms with Crippen LogP contribution in [0.15, 0.2) is 29.6 Å². The summed E-state index contributed by atoms with van der Waals surface area (Å²) in [6.07, 6.45) is -0.560. The van der Waals surface area contributed by atoms with E-state index in [0.29, 0.717) is 22.7 Å². The summed E-state index contributed by atoms with van der Waals surface area (Å²) in [6.45, 7) is 5.46. The van der Waals surface area contributed by atoms with Crippen LogP contribution >= 0.6 is 11.3 Å². The zero-order valence-corrected chi connectivity index (χ0v) is 15.3. The van der Waals surface area contributed by atoms with Crippen LogP contribution in [0.25, 0.3) is 0 Å². The predicted octanol–water partition coefficient (Wildman–Crippen LogP) is 4.12. The highest BCUT2D eigenvalue weighted by Gasteiger charge is 2.40. The van der Waals surface area contributed by atoms with E-state index in [1.807, 2.05) is 0 Å². The number of cyclic esters (lactones) is 1. The van der Waals surface area contributed by atoms with Gasteiger partial charge in [0, 0.05) is 18.2 Å². The molecule has 0 radical (unpaired) electrons. The molecule has 1 aliphatic rings. The van der Waals surface area contributed by atoms with Gasteiger partial charge in [0.15, 0.2) is 0 Å². The molecule has 0 saturated heterocycles. The lowest BCUT2D eigenvalue weighted by Crippen LogP contribution is -2.43. The molecule has 0 spiro atoms. The third kappa shape index (κ3) is 3.01. The molecule has 2 aromatic rings. The van der Waals surface area contributed by atoms with Crippen molar-refractivity contribution in [2.75, 3.05) is 16.8 Å². The second-order valence-corrected chi connectivity index (χ2v) is 7.15. The highest BCUT2D eigenvalue weighted by molar-refractivity contribution is 7.12. The normalized spacial score (nSPS) is 15.2. The van der Waals surface area contributed by atoms with Crippen molar-refractivity contribution in [1.82, 2.24) is 0 Å². The summed E-state index contributed by atoms with van der Waals surface area (Å²) >= 11 is 1.24. The van der Waals surface area contributed by atoms with Crippen LogP contribution in [0, 0.1) is 10.1 Å². The first-order valence-electron chi connectivity index (χ1n) is 7.93. The first kappa shape index (κ1) is 17.9. The largest absolute Gasteiger partial charge is 0.438 e. The number of hydrogen-bond donors (Lipinski definition) is 1. The van der Waals surface area contributed by atoms with Crippen LogP contribution in [0.3, 0.4) is 0 Å². The minimum absolute atomic E-state index is 0.0641. The fourth-order valence-electron chi connectivity index (χ4n) is 2.85. The first-order chi connectivity index (χ1) is 12.2. The van der Waals surface area contributed by atoms with E-state index >= 15 is 0 Å². The lowest BCUT2D eigenvalue weighted by atomic mass is 9.92. The summed E-state index contributed by atoms with van der Waals surface area (Å²) in [4.78, 5) is 37.2. The van der Waals surface area contributed by atoms with Gasteiger partial charge in [0.1, 0.15) is 11.3 Å². The molecule has 0 aliphatic carbocycles. The fourth-order valence-corrected chi connectivity index (χ4v) is 3.47. The smallest absolute Gasteiger partial charge is 0.415 e. The van der Waals surface area contributed by atoms with Crippen LogP contribution in [0.1, 0.15) is 36.0 Å². The van der Waals surface area contributed by atoms with Gasteiger partial charge in [0.2, 0.25) is 0 Å². The number of nitrogens with zero attached hydrogens (tertiary/aromatic N) is 2. The highest BCUT2D eigenvalue weighted by atomic mass is 32.1. The number of carbonyl (C=O) groups excluding carboxylic acids is 2. The number of rotatable bonds is 4. The summed E-state index contributed by atoms with van der Waals surface area (Å²) in [5.74, 6) is -0.430. The zero-order chi connectivity index (χ0) is 19.1. The van der Waals surface area contributed by atoms with E-state index in [-0.39, 0.29) is 11.4 Å². The number of nitro benzene ring substituents is 1. The molecule has 1 aromatic heterocycles. The number of benzene rings is 1. The summed E-state index contributed by atoms with van der Waals surface area (Å²) < 4.78 is 5.44. The third-order valence-electron chi connectivity index (χ3n) is 4.12. The molecule has 3 rings (SSSR count). The van der Waals surface area contributed by atoms with E-state index < -0.39 is 22.5 Å². The molecule has 1 aromatic carbocycles. The van der Waals surface area contributed by atoms with Gasteiger partial charge >= 0.3 is 6.09 Å². The molecule has 0 saturated carbocycles. The quantitative estimate of drug-likeness (QED) is 0.640. The van der Waals surface area contributed by atoms with E-state index in [0.717, 1.165) is 0 Å². The van der Waals surface area contributed by atoms with Gasteiger partial charge in [-0.2, -0.15) is 0 Å². The zero-order valence-electron chi connectivity index (χ0n) is 14.4. The van der Waals surface area contributed by atoms with Crippen LogP contribution in [0.2, 0.25) is 0 Å². The van der Waals surface area contributed by atoms with E-state index in [9.17, 15) is 19.7 Å². The maximum atomic E-state index is 12.3. The second-order valence-electron chi connectivity index (χ2n) is 6.20.